The summed E-state index contributed by atoms with van der Waals surface area (Å²) in [7, 11) is 1.67. The van der Waals surface area contributed by atoms with E-state index in [1.807, 2.05) is 49.4 Å². The molecule has 0 saturated heterocycles. The van der Waals surface area contributed by atoms with E-state index in [4.69, 9.17) is 14.2 Å². The second-order valence-corrected chi connectivity index (χ2v) is 6.11. The molecule has 6 heteroatoms. The Balaban J connectivity index is 1.55. The Labute approximate surface area is 153 Å². The largest absolute Gasteiger partial charge is 0.454 e. The van der Waals surface area contributed by atoms with Gasteiger partial charge >= 0.3 is 6.03 Å². The van der Waals surface area contributed by atoms with Crippen LogP contribution in [-0.2, 0) is 24.4 Å². The SMILES string of the molecule is CCN(Cc1ccc2c(c1)OCO2)C(=O)NCc1ccc(COC)cc1. The molecule has 138 valence electrons. The van der Waals surface area contributed by atoms with Crippen LogP contribution in [0.15, 0.2) is 42.5 Å². The van der Waals surface area contributed by atoms with E-state index >= 15 is 0 Å². The van der Waals surface area contributed by atoms with E-state index in [9.17, 15) is 4.79 Å². The molecule has 26 heavy (non-hydrogen) atoms. The molecule has 0 bridgehead atoms. The molecule has 0 atom stereocenters. The molecule has 2 amide bonds. The average Bonchev–Trinajstić information content (AvgIpc) is 3.13. The molecule has 0 unspecified atom stereocenters. The number of hydrogen-bond acceptors (Lipinski definition) is 4. The van der Waals surface area contributed by atoms with Crippen LogP contribution >= 0.6 is 0 Å². The van der Waals surface area contributed by atoms with Crippen LogP contribution in [0.25, 0.3) is 0 Å². The molecule has 1 N–H and O–H groups in total. The third kappa shape index (κ3) is 4.46. The fourth-order valence-corrected chi connectivity index (χ4v) is 2.80. The van der Waals surface area contributed by atoms with Crippen molar-refractivity contribution in [3.8, 4) is 11.5 Å². The Kier molecular flexibility index (Phi) is 5.96. The molecule has 0 aliphatic carbocycles. The molecule has 1 aliphatic rings. The van der Waals surface area contributed by atoms with Gasteiger partial charge in [0.1, 0.15) is 0 Å². The van der Waals surface area contributed by atoms with Gasteiger partial charge in [-0.3, -0.25) is 0 Å². The van der Waals surface area contributed by atoms with Crippen LogP contribution in [0.3, 0.4) is 0 Å². The van der Waals surface area contributed by atoms with Crippen molar-refractivity contribution in [2.45, 2.75) is 26.6 Å². The van der Waals surface area contributed by atoms with Crippen molar-refractivity contribution in [2.24, 2.45) is 0 Å². The van der Waals surface area contributed by atoms with E-state index in [1.54, 1.807) is 12.0 Å². The van der Waals surface area contributed by atoms with Crippen molar-refractivity contribution in [3.05, 3.63) is 59.2 Å². The Morgan fingerprint density at radius 3 is 2.50 bits per heavy atom. The third-order valence-corrected chi connectivity index (χ3v) is 4.26. The van der Waals surface area contributed by atoms with Gasteiger partial charge in [0.25, 0.3) is 0 Å². The lowest BCUT2D eigenvalue weighted by atomic mass is 10.1. The van der Waals surface area contributed by atoms with Crippen molar-refractivity contribution < 1.29 is 19.0 Å². The zero-order valence-corrected chi connectivity index (χ0v) is 15.2. The third-order valence-electron chi connectivity index (χ3n) is 4.26. The Bertz CT molecular complexity index is 746. The summed E-state index contributed by atoms with van der Waals surface area (Å²) in [6, 6.07) is 13.7. The number of carbonyl (C=O) groups excluding carboxylic acids is 1. The first-order valence-electron chi connectivity index (χ1n) is 8.67. The van der Waals surface area contributed by atoms with Crippen LogP contribution in [-0.4, -0.2) is 31.4 Å². The molecule has 0 aromatic heterocycles. The van der Waals surface area contributed by atoms with E-state index in [0.29, 0.717) is 26.2 Å². The van der Waals surface area contributed by atoms with Gasteiger partial charge < -0.3 is 24.4 Å². The number of ether oxygens (including phenoxy) is 3. The number of carbonyl (C=O) groups is 1. The van der Waals surface area contributed by atoms with Crippen LogP contribution in [0.2, 0.25) is 0 Å². The monoisotopic (exact) mass is 356 g/mol. The van der Waals surface area contributed by atoms with Gasteiger partial charge in [-0.2, -0.15) is 0 Å². The maximum atomic E-state index is 12.5. The molecule has 2 aromatic rings. The minimum Gasteiger partial charge on any atom is -0.454 e. The van der Waals surface area contributed by atoms with Crippen LogP contribution in [0, 0.1) is 0 Å². The van der Waals surface area contributed by atoms with Gasteiger partial charge in [0.2, 0.25) is 6.79 Å². The number of urea groups is 1. The highest BCUT2D eigenvalue weighted by atomic mass is 16.7. The standard InChI is InChI=1S/C20H24N2O4/c1-3-22(12-17-8-9-18-19(10-17)26-14-25-18)20(23)21-11-15-4-6-16(7-5-15)13-24-2/h4-10H,3,11-14H2,1-2H3,(H,21,23). The summed E-state index contributed by atoms with van der Waals surface area (Å²) < 4.78 is 15.8. The zero-order valence-electron chi connectivity index (χ0n) is 15.2. The molecular formula is C20H24N2O4. The lowest BCUT2D eigenvalue weighted by Crippen LogP contribution is -2.39. The second kappa shape index (κ2) is 8.58. The Morgan fingerprint density at radius 1 is 1.08 bits per heavy atom. The summed E-state index contributed by atoms with van der Waals surface area (Å²) in [5.74, 6) is 1.48. The van der Waals surface area contributed by atoms with E-state index in [0.717, 1.165) is 28.2 Å². The first kappa shape index (κ1) is 18.1. The molecule has 1 aliphatic heterocycles. The van der Waals surface area contributed by atoms with E-state index in [1.165, 1.54) is 0 Å². The highest BCUT2D eigenvalue weighted by Gasteiger charge is 2.16. The number of amides is 2. The number of methoxy groups -OCH3 is 1. The van der Waals surface area contributed by atoms with E-state index in [-0.39, 0.29) is 12.8 Å². The number of hydrogen-bond donors (Lipinski definition) is 1. The second-order valence-electron chi connectivity index (χ2n) is 6.11. The molecule has 0 fully saturated rings. The fourth-order valence-electron chi connectivity index (χ4n) is 2.80. The minimum absolute atomic E-state index is 0.0915. The molecule has 0 spiro atoms. The highest BCUT2D eigenvalue weighted by molar-refractivity contribution is 5.74. The molecule has 1 heterocycles. The topological polar surface area (TPSA) is 60.0 Å². The van der Waals surface area contributed by atoms with Gasteiger partial charge in [0.15, 0.2) is 11.5 Å². The summed E-state index contributed by atoms with van der Waals surface area (Å²) in [5.41, 5.74) is 3.17. The van der Waals surface area contributed by atoms with Gasteiger partial charge in [0, 0.05) is 26.7 Å². The summed E-state index contributed by atoms with van der Waals surface area (Å²) in [6.07, 6.45) is 0. The molecular weight excluding hydrogens is 332 g/mol. The van der Waals surface area contributed by atoms with Gasteiger partial charge in [-0.15, -0.1) is 0 Å². The van der Waals surface area contributed by atoms with Crippen LogP contribution in [0.4, 0.5) is 4.79 Å². The van der Waals surface area contributed by atoms with Crippen LogP contribution in [0.5, 0.6) is 11.5 Å². The summed E-state index contributed by atoms with van der Waals surface area (Å²) >= 11 is 0. The maximum absolute atomic E-state index is 12.5. The number of nitrogens with zero attached hydrogens (tertiary/aromatic N) is 1. The number of fused-ring (bicyclic) bond motifs is 1. The lowest BCUT2D eigenvalue weighted by molar-refractivity contribution is 0.173. The molecule has 2 aromatic carbocycles. The quantitative estimate of drug-likeness (QED) is 0.827. The minimum atomic E-state index is -0.0915. The van der Waals surface area contributed by atoms with Crippen LogP contribution in [0.1, 0.15) is 23.6 Å². The predicted octanol–water partition coefficient (Wildman–Crippen LogP) is 3.29. The van der Waals surface area contributed by atoms with Crippen molar-refractivity contribution in [3.63, 3.8) is 0 Å². The maximum Gasteiger partial charge on any atom is 0.317 e. The summed E-state index contributed by atoms with van der Waals surface area (Å²) in [5, 5.41) is 2.97. The number of benzene rings is 2. The first-order chi connectivity index (χ1) is 12.7. The Hall–Kier alpha value is -2.73. The smallest absolute Gasteiger partial charge is 0.317 e. The van der Waals surface area contributed by atoms with Gasteiger partial charge in [-0.25, -0.2) is 4.79 Å². The fraction of sp³-hybridized carbons (Fsp3) is 0.350. The van der Waals surface area contributed by atoms with E-state index in [2.05, 4.69) is 5.32 Å². The molecule has 0 radical (unpaired) electrons. The summed E-state index contributed by atoms with van der Waals surface area (Å²) in [6.45, 7) is 4.43. The molecule has 3 rings (SSSR count). The first-order valence-corrected chi connectivity index (χ1v) is 8.67. The number of rotatable bonds is 7. The average molecular weight is 356 g/mol. The van der Waals surface area contributed by atoms with Gasteiger partial charge in [-0.05, 0) is 35.7 Å². The summed E-state index contributed by atoms with van der Waals surface area (Å²) in [4.78, 5) is 14.3. The van der Waals surface area contributed by atoms with Crippen molar-refractivity contribution in [2.75, 3.05) is 20.4 Å². The van der Waals surface area contributed by atoms with E-state index < -0.39 is 0 Å². The van der Waals surface area contributed by atoms with Gasteiger partial charge in [-0.1, -0.05) is 30.3 Å². The Morgan fingerprint density at radius 2 is 1.77 bits per heavy atom. The predicted molar refractivity (Wildman–Crippen MR) is 98.0 cm³/mol. The zero-order chi connectivity index (χ0) is 18.4. The van der Waals surface area contributed by atoms with Gasteiger partial charge in [0.05, 0.1) is 6.61 Å². The van der Waals surface area contributed by atoms with Crippen molar-refractivity contribution in [1.29, 1.82) is 0 Å². The van der Waals surface area contributed by atoms with Crippen molar-refractivity contribution in [1.82, 2.24) is 10.2 Å². The molecule has 0 saturated carbocycles. The van der Waals surface area contributed by atoms with Crippen molar-refractivity contribution >= 4 is 6.03 Å². The highest BCUT2D eigenvalue weighted by Crippen LogP contribution is 2.32. The number of nitrogens with one attached hydrogen (secondary N) is 1. The normalized spacial score (nSPS) is 12.1. The van der Waals surface area contributed by atoms with Crippen LogP contribution < -0.4 is 14.8 Å². The molecule has 6 nitrogen and oxygen atoms in total. The lowest BCUT2D eigenvalue weighted by Gasteiger charge is -2.21.